The lowest BCUT2D eigenvalue weighted by Gasteiger charge is -2.31. The molecular formula is C14H24N2O. The zero-order valence-electron chi connectivity index (χ0n) is 11.3. The van der Waals surface area contributed by atoms with Gasteiger partial charge in [0.15, 0.2) is 0 Å². The third-order valence-corrected chi connectivity index (χ3v) is 4.02. The number of aromatic nitrogens is 1. The highest BCUT2D eigenvalue weighted by Crippen LogP contribution is 2.27. The molecule has 0 amide bonds. The van der Waals surface area contributed by atoms with Crippen molar-refractivity contribution >= 4 is 0 Å². The van der Waals surface area contributed by atoms with Gasteiger partial charge in [0.2, 0.25) is 5.89 Å². The highest BCUT2D eigenvalue weighted by Gasteiger charge is 2.23. The Hall–Kier alpha value is -0.830. The van der Waals surface area contributed by atoms with Gasteiger partial charge in [-0.1, -0.05) is 26.2 Å². The van der Waals surface area contributed by atoms with E-state index in [1.165, 1.54) is 32.1 Å². The van der Waals surface area contributed by atoms with E-state index in [0.29, 0.717) is 6.04 Å². The lowest BCUT2D eigenvalue weighted by molar-refractivity contribution is 0.247. The van der Waals surface area contributed by atoms with Crippen molar-refractivity contribution in [1.29, 1.82) is 0 Å². The number of nitrogens with zero attached hydrogens (tertiary/aromatic N) is 1. The molecule has 1 aromatic rings. The van der Waals surface area contributed by atoms with Crippen LogP contribution in [-0.4, -0.2) is 11.0 Å². The molecule has 2 unspecified atom stereocenters. The lowest BCUT2D eigenvalue weighted by Crippen LogP contribution is -2.37. The van der Waals surface area contributed by atoms with Gasteiger partial charge in [0.25, 0.3) is 0 Å². The molecule has 0 aliphatic heterocycles. The fourth-order valence-electron chi connectivity index (χ4n) is 2.80. The fraction of sp³-hybridized carbons (Fsp3) is 0.786. The first-order chi connectivity index (χ1) is 8.20. The van der Waals surface area contributed by atoms with Gasteiger partial charge in [-0.3, -0.25) is 0 Å². The molecule has 0 saturated heterocycles. The van der Waals surface area contributed by atoms with E-state index < -0.39 is 0 Å². The minimum Gasteiger partial charge on any atom is -0.444 e. The molecule has 1 N–H and O–H groups in total. The maximum absolute atomic E-state index is 5.60. The average molecular weight is 236 g/mol. The van der Waals surface area contributed by atoms with Crippen LogP contribution in [0.3, 0.4) is 0 Å². The Morgan fingerprint density at radius 2 is 2.06 bits per heavy atom. The highest BCUT2D eigenvalue weighted by atomic mass is 16.4. The number of nitrogens with one attached hydrogen (secondary N) is 1. The second-order valence-corrected chi connectivity index (χ2v) is 5.19. The Balaban J connectivity index is 1.88. The molecule has 0 radical (unpaired) electrons. The van der Waals surface area contributed by atoms with E-state index in [9.17, 15) is 0 Å². The van der Waals surface area contributed by atoms with Crippen molar-refractivity contribution in [2.24, 2.45) is 5.92 Å². The zero-order valence-corrected chi connectivity index (χ0v) is 11.3. The number of oxazole rings is 1. The molecule has 3 heteroatoms. The van der Waals surface area contributed by atoms with E-state index in [1.54, 1.807) is 0 Å². The molecule has 0 bridgehead atoms. The molecule has 0 aromatic carbocycles. The van der Waals surface area contributed by atoms with Gasteiger partial charge in [0.1, 0.15) is 5.76 Å². The summed E-state index contributed by atoms with van der Waals surface area (Å²) in [6.07, 6.45) is 6.71. The molecule has 1 aromatic heterocycles. The smallest absolute Gasteiger partial charge is 0.208 e. The van der Waals surface area contributed by atoms with Crippen LogP contribution in [0.15, 0.2) is 4.42 Å². The Morgan fingerprint density at radius 3 is 2.71 bits per heavy atom. The third kappa shape index (κ3) is 3.09. The zero-order chi connectivity index (χ0) is 12.3. The molecule has 2 atom stereocenters. The summed E-state index contributed by atoms with van der Waals surface area (Å²) in [7, 11) is 0. The first-order valence-corrected chi connectivity index (χ1v) is 6.87. The van der Waals surface area contributed by atoms with Crippen LogP contribution in [0.5, 0.6) is 0 Å². The van der Waals surface area contributed by atoms with Gasteiger partial charge in [-0.15, -0.1) is 0 Å². The topological polar surface area (TPSA) is 38.1 Å². The van der Waals surface area contributed by atoms with Gasteiger partial charge in [0, 0.05) is 6.04 Å². The fourth-order valence-corrected chi connectivity index (χ4v) is 2.80. The molecule has 1 saturated carbocycles. The summed E-state index contributed by atoms with van der Waals surface area (Å²) in [5.41, 5.74) is 1.01. The van der Waals surface area contributed by atoms with Gasteiger partial charge >= 0.3 is 0 Å². The van der Waals surface area contributed by atoms with Crippen molar-refractivity contribution in [1.82, 2.24) is 10.3 Å². The van der Waals surface area contributed by atoms with Gasteiger partial charge in [-0.05, 0) is 32.6 Å². The maximum Gasteiger partial charge on any atom is 0.208 e. The van der Waals surface area contributed by atoms with E-state index >= 15 is 0 Å². The second-order valence-electron chi connectivity index (χ2n) is 5.19. The van der Waals surface area contributed by atoms with Crippen molar-refractivity contribution in [2.45, 2.75) is 65.5 Å². The van der Waals surface area contributed by atoms with Gasteiger partial charge in [-0.2, -0.15) is 0 Å². The van der Waals surface area contributed by atoms with Crippen molar-refractivity contribution in [3.63, 3.8) is 0 Å². The first-order valence-electron chi connectivity index (χ1n) is 6.87. The van der Waals surface area contributed by atoms with Crippen LogP contribution in [0.2, 0.25) is 0 Å². The Bertz CT molecular complexity index is 340. The number of hydrogen-bond acceptors (Lipinski definition) is 3. The SMILES string of the molecule is CCC1CCCCC1NCc1nc(C)c(C)o1. The summed E-state index contributed by atoms with van der Waals surface area (Å²) in [4.78, 5) is 4.42. The molecule has 3 nitrogen and oxygen atoms in total. The van der Waals surface area contributed by atoms with Gasteiger partial charge < -0.3 is 9.73 Å². The van der Waals surface area contributed by atoms with E-state index in [0.717, 1.165) is 29.8 Å². The Labute approximate surface area is 104 Å². The van der Waals surface area contributed by atoms with Crippen LogP contribution in [0.4, 0.5) is 0 Å². The standard InChI is InChI=1S/C14H24N2O/c1-4-12-7-5-6-8-13(12)15-9-14-16-10(2)11(3)17-14/h12-13,15H,4-9H2,1-3H3. The molecule has 0 spiro atoms. The monoisotopic (exact) mass is 236 g/mol. The molecule has 1 fully saturated rings. The van der Waals surface area contributed by atoms with Crippen LogP contribution in [0.25, 0.3) is 0 Å². The first kappa shape index (κ1) is 12.6. The van der Waals surface area contributed by atoms with Gasteiger partial charge in [0.05, 0.1) is 12.2 Å². The molecule has 1 aliphatic rings. The molecule has 96 valence electrons. The summed E-state index contributed by atoms with van der Waals surface area (Å²) in [6, 6.07) is 0.654. The number of rotatable bonds is 4. The summed E-state index contributed by atoms with van der Waals surface area (Å²) >= 11 is 0. The molecule has 17 heavy (non-hydrogen) atoms. The van der Waals surface area contributed by atoms with Crippen LogP contribution in [-0.2, 0) is 6.54 Å². The Morgan fingerprint density at radius 1 is 1.29 bits per heavy atom. The van der Waals surface area contributed by atoms with E-state index in [4.69, 9.17) is 4.42 Å². The largest absolute Gasteiger partial charge is 0.444 e. The predicted octanol–water partition coefficient (Wildman–Crippen LogP) is 3.35. The molecule has 1 heterocycles. The van der Waals surface area contributed by atoms with Crippen LogP contribution >= 0.6 is 0 Å². The van der Waals surface area contributed by atoms with Crippen LogP contribution < -0.4 is 5.32 Å². The van der Waals surface area contributed by atoms with Crippen LogP contribution in [0, 0.1) is 19.8 Å². The van der Waals surface area contributed by atoms with Crippen molar-refractivity contribution < 1.29 is 4.42 Å². The Kier molecular flexibility index (Phi) is 4.21. The number of hydrogen-bond donors (Lipinski definition) is 1. The lowest BCUT2D eigenvalue weighted by atomic mass is 9.83. The average Bonchev–Trinajstić information content (AvgIpc) is 2.66. The van der Waals surface area contributed by atoms with Crippen LogP contribution in [0.1, 0.15) is 56.4 Å². The van der Waals surface area contributed by atoms with Crippen molar-refractivity contribution in [3.05, 3.63) is 17.3 Å². The second kappa shape index (κ2) is 5.67. The van der Waals surface area contributed by atoms with Crippen molar-refractivity contribution in [2.75, 3.05) is 0 Å². The molecule has 2 rings (SSSR count). The van der Waals surface area contributed by atoms with E-state index in [1.807, 2.05) is 13.8 Å². The normalized spacial score (nSPS) is 25.1. The summed E-state index contributed by atoms with van der Waals surface area (Å²) in [6.45, 7) is 7.04. The highest BCUT2D eigenvalue weighted by molar-refractivity contribution is 5.05. The summed E-state index contributed by atoms with van der Waals surface area (Å²) in [5, 5.41) is 3.62. The summed E-state index contributed by atoms with van der Waals surface area (Å²) < 4.78 is 5.60. The van der Waals surface area contributed by atoms with E-state index in [2.05, 4.69) is 17.2 Å². The third-order valence-electron chi connectivity index (χ3n) is 4.02. The minimum atomic E-state index is 0.654. The maximum atomic E-state index is 5.60. The number of aryl methyl sites for hydroxylation is 2. The molecular weight excluding hydrogens is 212 g/mol. The molecule has 1 aliphatic carbocycles. The minimum absolute atomic E-state index is 0.654. The quantitative estimate of drug-likeness (QED) is 0.871. The predicted molar refractivity (Wildman–Crippen MR) is 68.9 cm³/mol. The van der Waals surface area contributed by atoms with E-state index in [-0.39, 0.29) is 0 Å². The van der Waals surface area contributed by atoms with Crippen molar-refractivity contribution in [3.8, 4) is 0 Å². The summed E-state index contributed by atoms with van der Waals surface area (Å²) in [5.74, 6) is 2.61. The van der Waals surface area contributed by atoms with Gasteiger partial charge in [-0.25, -0.2) is 4.98 Å².